The average molecular weight is 351 g/mol. The first kappa shape index (κ1) is 18.2. The summed E-state index contributed by atoms with van der Waals surface area (Å²) in [5.74, 6) is 0.320. The molecule has 1 saturated carbocycles. The Bertz CT molecular complexity index is 736. The first-order valence-corrected chi connectivity index (χ1v) is 9.21. The lowest BCUT2D eigenvalue weighted by Gasteiger charge is -2.45. The Kier molecular flexibility index (Phi) is 5.13. The molecule has 2 aliphatic rings. The Balaban J connectivity index is 1.64. The Morgan fingerprint density at radius 3 is 2.35 bits per heavy atom. The number of benzene rings is 1. The van der Waals surface area contributed by atoms with Gasteiger partial charge in [0.15, 0.2) is 0 Å². The molecule has 1 aromatic carbocycles. The number of anilines is 1. The third kappa shape index (κ3) is 3.24. The van der Waals surface area contributed by atoms with Gasteiger partial charge in [0.1, 0.15) is 0 Å². The second-order valence-corrected chi connectivity index (χ2v) is 7.34. The molecule has 0 spiro atoms. The summed E-state index contributed by atoms with van der Waals surface area (Å²) in [5, 5.41) is 9.67. The quantitative estimate of drug-likeness (QED) is 0.781. The van der Waals surface area contributed by atoms with Crippen molar-refractivity contribution in [1.29, 1.82) is 5.26 Å². The lowest BCUT2D eigenvalue weighted by molar-refractivity contribution is -0.113. The van der Waals surface area contributed by atoms with Crippen LogP contribution in [-0.4, -0.2) is 36.9 Å². The van der Waals surface area contributed by atoms with Crippen LogP contribution in [0, 0.1) is 22.7 Å². The van der Waals surface area contributed by atoms with Crippen molar-refractivity contribution < 1.29 is 9.59 Å². The van der Waals surface area contributed by atoms with Gasteiger partial charge in [0, 0.05) is 31.4 Å². The third-order valence-electron chi connectivity index (χ3n) is 6.06. The molecule has 0 unspecified atom stereocenters. The number of nitriles is 1. The smallest absolute Gasteiger partial charge is 0.253 e. The predicted octanol–water partition coefficient (Wildman–Crippen LogP) is 3.38. The second kappa shape index (κ2) is 7.33. The van der Waals surface area contributed by atoms with E-state index in [1.165, 1.54) is 17.4 Å². The lowest BCUT2D eigenvalue weighted by Crippen LogP contribution is -2.47. The Labute approximate surface area is 154 Å². The minimum absolute atomic E-state index is 0.00519. The van der Waals surface area contributed by atoms with E-state index < -0.39 is 0 Å². The van der Waals surface area contributed by atoms with Crippen molar-refractivity contribution >= 4 is 17.5 Å². The van der Waals surface area contributed by atoms with E-state index in [0.717, 1.165) is 31.4 Å². The number of likely N-dealkylation sites (tertiary alicyclic amines) is 1. The van der Waals surface area contributed by atoms with Crippen molar-refractivity contribution in [3.05, 3.63) is 42.5 Å². The summed E-state index contributed by atoms with van der Waals surface area (Å²) in [6.07, 6.45) is 6.34. The van der Waals surface area contributed by atoms with E-state index in [2.05, 4.69) is 12.6 Å². The molecule has 5 nitrogen and oxygen atoms in total. The van der Waals surface area contributed by atoms with Crippen molar-refractivity contribution in [2.75, 3.05) is 25.0 Å². The number of nitrogens with zero attached hydrogens (tertiary/aromatic N) is 3. The number of amides is 2. The van der Waals surface area contributed by atoms with Gasteiger partial charge in [-0.05, 0) is 61.9 Å². The molecule has 2 fully saturated rings. The second-order valence-electron chi connectivity index (χ2n) is 7.34. The van der Waals surface area contributed by atoms with Gasteiger partial charge >= 0.3 is 0 Å². The van der Waals surface area contributed by atoms with Crippen LogP contribution in [0.2, 0.25) is 0 Å². The van der Waals surface area contributed by atoms with Crippen LogP contribution in [0.5, 0.6) is 0 Å². The molecule has 0 atom stereocenters. The van der Waals surface area contributed by atoms with Crippen LogP contribution in [-0.2, 0) is 4.79 Å². The maximum atomic E-state index is 12.8. The standard InChI is InChI=1S/C21H25N3O2/c1-3-19(25)23(2)18-9-7-16(8-10-18)20(26)24-13-11-21(15-22,12-14-24)17-5-4-6-17/h3,7-10,17H,1,4-6,11-14H2,2H3. The van der Waals surface area contributed by atoms with Crippen LogP contribution >= 0.6 is 0 Å². The lowest BCUT2D eigenvalue weighted by atomic mass is 9.61. The first-order chi connectivity index (χ1) is 12.5. The van der Waals surface area contributed by atoms with E-state index >= 15 is 0 Å². The largest absolute Gasteiger partial charge is 0.339 e. The zero-order valence-corrected chi connectivity index (χ0v) is 15.3. The molecule has 0 bridgehead atoms. The van der Waals surface area contributed by atoms with Crippen molar-refractivity contribution in [2.45, 2.75) is 32.1 Å². The fourth-order valence-corrected chi connectivity index (χ4v) is 3.96. The molecule has 0 aromatic heterocycles. The molecule has 1 aliphatic heterocycles. The van der Waals surface area contributed by atoms with Gasteiger partial charge in [-0.25, -0.2) is 0 Å². The van der Waals surface area contributed by atoms with Crippen molar-refractivity contribution in [3.63, 3.8) is 0 Å². The van der Waals surface area contributed by atoms with Gasteiger partial charge in [0.25, 0.3) is 5.91 Å². The van der Waals surface area contributed by atoms with Crippen LogP contribution in [0.1, 0.15) is 42.5 Å². The average Bonchev–Trinajstić information content (AvgIpc) is 2.65. The van der Waals surface area contributed by atoms with Crippen molar-refractivity contribution in [1.82, 2.24) is 4.90 Å². The van der Waals surface area contributed by atoms with Crippen molar-refractivity contribution in [2.24, 2.45) is 11.3 Å². The van der Waals surface area contributed by atoms with Gasteiger partial charge in [0.05, 0.1) is 11.5 Å². The van der Waals surface area contributed by atoms with E-state index in [9.17, 15) is 14.9 Å². The van der Waals surface area contributed by atoms with Crippen LogP contribution in [0.4, 0.5) is 5.69 Å². The SMILES string of the molecule is C=CC(=O)N(C)c1ccc(C(=O)N2CCC(C#N)(C3CCC3)CC2)cc1. The normalized spacial score (nSPS) is 19.2. The number of carbonyl (C=O) groups excluding carboxylic acids is 2. The minimum Gasteiger partial charge on any atom is -0.339 e. The fourth-order valence-electron chi connectivity index (χ4n) is 3.96. The number of hydrogen-bond acceptors (Lipinski definition) is 3. The Morgan fingerprint density at radius 1 is 1.27 bits per heavy atom. The number of rotatable bonds is 4. The number of hydrogen-bond donors (Lipinski definition) is 0. The van der Waals surface area contributed by atoms with E-state index in [0.29, 0.717) is 24.6 Å². The zero-order chi connectivity index (χ0) is 18.7. The third-order valence-corrected chi connectivity index (χ3v) is 6.06. The molecule has 0 N–H and O–H groups in total. The summed E-state index contributed by atoms with van der Waals surface area (Å²) < 4.78 is 0. The molecule has 1 saturated heterocycles. The summed E-state index contributed by atoms with van der Waals surface area (Å²) in [7, 11) is 1.67. The van der Waals surface area contributed by atoms with E-state index in [1.54, 1.807) is 31.3 Å². The maximum absolute atomic E-state index is 12.8. The summed E-state index contributed by atoms with van der Waals surface area (Å²) in [6, 6.07) is 9.62. The highest BCUT2D eigenvalue weighted by Crippen LogP contribution is 2.48. The van der Waals surface area contributed by atoms with Gasteiger partial charge in [-0.15, -0.1) is 0 Å². The molecular weight excluding hydrogens is 326 g/mol. The summed E-state index contributed by atoms with van der Waals surface area (Å²) in [6.45, 7) is 4.76. The van der Waals surface area contributed by atoms with Crippen LogP contribution < -0.4 is 4.90 Å². The van der Waals surface area contributed by atoms with Gasteiger partial charge in [-0.1, -0.05) is 13.0 Å². The summed E-state index contributed by atoms with van der Waals surface area (Å²) >= 11 is 0. The maximum Gasteiger partial charge on any atom is 0.253 e. The molecule has 136 valence electrons. The van der Waals surface area contributed by atoms with E-state index in [4.69, 9.17) is 0 Å². The minimum atomic E-state index is -0.230. The molecule has 0 radical (unpaired) electrons. The Hall–Kier alpha value is -2.61. The first-order valence-electron chi connectivity index (χ1n) is 9.21. The molecule has 3 rings (SSSR count). The van der Waals surface area contributed by atoms with Gasteiger partial charge < -0.3 is 9.80 Å². The van der Waals surface area contributed by atoms with E-state index in [1.807, 2.05) is 4.90 Å². The summed E-state index contributed by atoms with van der Waals surface area (Å²) in [4.78, 5) is 27.8. The summed E-state index contributed by atoms with van der Waals surface area (Å²) in [5.41, 5.74) is 1.10. The highest BCUT2D eigenvalue weighted by atomic mass is 16.2. The molecule has 1 aliphatic carbocycles. The Morgan fingerprint density at radius 2 is 1.88 bits per heavy atom. The molecule has 5 heteroatoms. The van der Waals surface area contributed by atoms with Crippen LogP contribution in [0.25, 0.3) is 0 Å². The molecule has 26 heavy (non-hydrogen) atoms. The van der Waals surface area contributed by atoms with Crippen LogP contribution in [0.3, 0.4) is 0 Å². The number of carbonyl (C=O) groups is 2. The highest BCUT2D eigenvalue weighted by Gasteiger charge is 2.44. The zero-order valence-electron chi connectivity index (χ0n) is 15.3. The highest BCUT2D eigenvalue weighted by molar-refractivity contribution is 6.01. The monoisotopic (exact) mass is 351 g/mol. The van der Waals surface area contributed by atoms with Gasteiger partial charge in [-0.3, -0.25) is 9.59 Å². The molecule has 1 aromatic rings. The van der Waals surface area contributed by atoms with Gasteiger partial charge in [0.2, 0.25) is 5.91 Å². The van der Waals surface area contributed by atoms with Crippen LogP contribution in [0.15, 0.2) is 36.9 Å². The molecular formula is C21H25N3O2. The fraction of sp³-hybridized carbons (Fsp3) is 0.476. The topological polar surface area (TPSA) is 64.4 Å². The molecule has 2 amide bonds. The van der Waals surface area contributed by atoms with Gasteiger partial charge in [-0.2, -0.15) is 5.26 Å². The van der Waals surface area contributed by atoms with Crippen molar-refractivity contribution in [3.8, 4) is 6.07 Å². The predicted molar refractivity (Wildman–Crippen MR) is 101 cm³/mol. The molecule has 1 heterocycles. The number of likely N-dealkylation sites (N-methyl/N-ethyl adjacent to an activating group) is 1. The number of piperidine rings is 1. The van der Waals surface area contributed by atoms with E-state index in [-0.39, 0.29) is 17.2 Å².